The maximum Gasteiger partial charge on any atom is 0.306 e. The minimum absolute atomic E-state index is 0.0874. The molecule has 2 aromatic rings. The van der Waals surface area contributed by atoms with Crippen LogP contribution in [0.3, 0.4) is 0 Å². The molecule has 0 spiro atoms. The lowest BCUT2D eigenvalue weighted by Gasteiger charge is -2.40. The fourth-order valence-corrected chi connectivity index (χ4v) is 4.79. The first-order valence-electron chi connectivity index (χ1n) is 10.3. The molecule has 2 aromatic heterocycles. The molecule has 29 heavy (non-hydrogen) atoms. The Balaban J connectivity index is 1.40. The first-order valence-corrected chi connectivity index (χ1v) is 10.3. The van der Waals surface area contributed by atoms with Crippen molar-refractivity contribution < 1.29 is 9.53 Å². The molecule has 150 valence electrons. The highest BCUT2D eigenvalue weighted by molar-refractivity contribution is 5.89. The highest BCUT2D eigenvalue weighted by Crippen LogP contribution is 2.54. The third-order valence-corrected chi connectivity index (χ3v) is 6.61. The SMILES string of the molecule is CCOC(=O)CC1[C@H]2CN(c3cc4nc(C#N)cnc4c(N4CCC4C)n3)C[C@@H]12. The van der Waals surface area contributed by atoms with Crippen LogP contribution in [-0.2, 0) is 9.53 Å². The van der Waals surface area contributed by atoms with Crippen LogP contribution in [0.1, 0.15) is 32.4 Å². The summed E-state index contributed by atoms with van der Waals surface area (Å²) >= 11 is 0. The summed E-state index contributed by atoms with van der Waals surface area (Å²) in [6.45, 7) is 7.22. The fourth-order valence-electron chi connectivity index (χ4n) is 4.79. The van der Waals surface area contributed by atoms with E-state index in [1.54, 1.807) is 0 Å². The Bertz CT molecular complexity index is 1010. The van der Waals surface area contributed by atoms with Crippen molar-refractivity contribution in [2.75, 3.05) is 36.0 Å². The Morgan fingerprint density at radius 3 is 2.76 bits per heavy atom. The molecule has 2 saturated heterocycles. The van der Waals surface area contributed by atoms with E-state index >= 15 is 0 Å². The van der Waals surface area contributed by atoms with Gasteiger partial charge >= 0.3 is 5.97 Å². The number of carbonyl (C=O) groups is 1. The second-order valence-corrected chi connectivity index (χ2v) is 8.28. The zero-order valence-electron chi connectivity index (χ0n) is 16.7. The van der Waals surface area contributed by atoms with Gasteiger partial charge in [0.15, 0.2) is 11.5 Å². The number of rotatable bonds is 5. The van der Waals surface area contributed by atoms with Crippen molar-refractivity contribution >= 4 is 28.6 Å². The Morgan fingerprint density at radius 2 is 2.14 bits per heavy atom. The van der Waals surface area contributed by atoms with Crippen molar-refractivity contribution in [2.24, 2.45) is 17.8 Å². The van der Waals surface area contributed by atoms with E-state index in [-0.39, 0.29) is 5.97 Å². The second kappa shape index (κ2) is 6.83. The molecule has 8 heteroatoms. The lowest BCUT2D eigenvalue weighted by atomic mass is 10.1. The first-order chi connectivity index (χ1) is 14.1. The van der Waals surface area contributed by atoms with Crippen LogP contribution in [0.2, 0.25) is 0 Å². The van der Waals surface area contributed by atoms with Gasteiger partial charge in [-0.3, -0.25) is 4.79 Å². The highest BCUT2D eigenvalue weighted by Gasteiger charge is 2.56. The predicted octanol–water partition coefficient (Wildman–Crippen LogP) is 2.13. The van der Waals surface area contributed by atoms with Gasteiger partial charge in [0.25, 0.3) is 0 Å². The normalized spacial score (nSPS) is 27.3. The maximum atomic E-state index is 11.8. The molecule has 2 unspecified atom stereocenters. The van der Waals surface area contributed by atoms with E-state index in [2.05, 4.69) is 32.8 Å². The van der Waals surface area contributed by atoms with Gasteiger partial charge in [-0.15, -0.1) is 0 Å². The van der Waals surface area contributed by atoms with Crippen molar-refractivity contribution in [3.63, 3.8) is 0 Å². The van der Waals surface area contributed by atoms with E-state index in [0.717, 1.165) is 43.2 Å². The number of esters is 1. The van der Waals surface area contributed by atoms with Gasteiger partial charge in [-0.1, -0.05) is 0 Å². The zero-order chi connectivity index (χ0) is 20.1. The first kappa shape index (κ1) is 18.1. The van der Waals surface area contributed by atoms with E-state index in [0.29, 0.717) is 48.0 Å². The quantitative estimate of drug-likeness (QED) is 0.714. The number of hydrogen-bond acceptors (Lipinski definition) is 8. The largest absolute Gasteiger partial charge is 0.466 e. The molecule has 2 aliphatic heterocycles. The number of pyridine rings is 1. The number of piperidine rings is 1. The van der Waals surface area contributed by atoms with E-state index < -0.39 is 0 Å². The molecule has 0 N–H and O–H groups in total. The van der Waals surface area contributed by atoms with Crippen LogP contribution in [0.4, 0.5) is 11.6 Å². The van der Waals surface area contributed by atoms with Gasteiger partial charge in [0.2, 0.25) is 0 Å². The number of nitriles is 1. The molecule has 0 amide bonds. The smallest absolute Gasteiger partial charge is 0.306 e. The molecule has 1 saturated carbocycles. The number of nitrogens with zero attached hydrogens (tertiary/aromatic N) is 6. The number of hydrogen-bond donors (Lipinski definition) is 0. The third kappa shape index (κ3) is 3.05. The number of aromatic nitrogens is 3. The van der Waals surface area contributed by atoms with Gasteiger partial charge in [0, 0.05) is 38.2 Å². The molecule has 4 atom stereocenters. The third-order valence-electron chi connectivity index (χ3n) is 6.61. The highest BCUT2D eigenvalue weighted by atomic mass is 16.5. The van der Waals surface area contributed by atoms with Crippen molar-refractivity contribution in [3.05, 3.63) is 18.0 Å². The zero-order valence-corrected chi connectivity index (χ0v) is 16.7. The van der Waals surface area contributed by atoms with Crippen LogP contribution >= 0.6 is 0 Å². The van der Waals surface area contributed by atoms with Crippen LogP contribution < -0.4 is 9.80 Å². The maximum absolute atomic E-state index is 11.8. The molecule has 1 aliphatic carbocycles. The summed E-state index contributed by atoms with van der Waals surface area (Å²) in [6, 6.07) is 4.45. The number of fused-ring (bicyclic) bond motifs is 2. The Hall–Kier alpha value is -2.95. The van der Waals surface area contributed by atoms with Crippen LogP contribution in [0.5, 0.6) is 0 Å². The van der Waals surface area contributed by atoms with E-state index in [4.69, 9.17) is 9.72 Å². The van der Waals surface area contributed by atoms with E-state index in [9.17, 15) is 10.1 Å². The predicted molar refractivity (Wildman–Crippen MR) is 107 cm³/mol. The van der Waals surface area contributed by atoms with Gasteiger partial charge in [0.05, 0.1) is 18.3 Å². The number of ether oxygens (including phenoxy) is 1. The molecular formula is C21H24N6O2. The Morgan fingerprint density at radius 1 is 1.34 bits per heavy atom. The standard InChI is InChI=1S/C21H24N6O2/c1-3-29-19(28)6-14-15-10-26(11-16(14)15)18-7-17-20(23-9-13(8-22)24-17)21(25-18)27-5-4-12(27)2/h7,9,12,14-16H,3-6,10-11H2,1-2H3/t12?,14?,15-,16+. The summed E-state index contributed by atoms with van der Waals surface area (Å²) in [5.74, 6) is 3.15. The molecule has 3 fully saturated rings. The average molecular weight is 392 g/mol. The van der Waals surface area contributed by atoms with Crippen LogP contribution in [0, 0.1) is 29.1 Å². The molecule has 0 radical (unpaired) electrons. The molecule has 3 aliphatic rings. The number of anilines is 2. The fraction of sp³-hybridized carbons (Fsp3) is 0.571. The molecular weight excluding hydrogens is 368 g/mol. The molecule has 5 rings (SSSR count). The van der Waals surface area contributed by atoms with E-state index in [1.807, 2.05) is 13.0 Å². The summed E-state index contributed by atoms with van der Waals surface area (Å²) < 4.78 is 5.10. The Labute approximate surface area is 169 Å². The van der Waals surface area contributed by atoms with Gasteiger partial charge in [0.1, 0.15) is 17.4 Å². The van der Waals surface area contributed by atoms with Gasteiger partial charge in [-0.2, -0.15) is 5.26 Å². The average Bonchev–Trinajstić information content (AvgIpc) is 3.13. The minimum Gasteiger partial charge on any atom is -0.466 e. The van der Waals surface area contributed by atoms with Crippen molar-refractivity contribution in [2.45, 2.75) is 32.7 Å². The van der Waals surface area contributed by atoms with Crippen LogP contribution in [-0.4, -0.2) is 53.2 Å². The van der Waals surface area contributed by atoms with Crippen LogP contribution in [0.25, 0.3) is 11.0 Å². The van der Waals surface area contributed by atoms with Crippen molar-refractivity contribution in [1.82, 2.24) is 15.0 Å². The summed E-state index contributed by atoms with van der Waals surface area (Å²) in [5.41, 5.74) is 1.78. The lowest BCUT2D eigenvalue weighted by molar-refractivity contribution is -0.143. The van der Waals surface area contributed by atoms with Crippen molar-refractivity contribution in [3.8, 4) is 6.07 Å². The topological polar surface area (TPSA) is 95.2 Å². The molecule has 8 nitrogen and oxygen atoms in total. The van der Waals surface area contributed by atoms with Crippen molar-refractivity contribution in [1.29, 1.82) is 5.26 Å². The molecule has 0 bridgehead atoms. The van der Waals surface area contributed by atoms with Gasteiger partial charge in [-0.05, 0) is 38.0 Å². The summed E-state index contributed by atoms with van der Waals surface area (Å²) in [4.78, 5) is 30.2. The monoisotopic (exact) mass is 392 g/mol. The summed E-state index contributed by atoms with van der Waals surface area (Å²) in [7, 11) is 0. The summed E-state index contributed by atoms with van der Waals surface area (Å²) in [5, 5.41) is 9.21. The Kier molecular flexibility index (Phi) is 4.26. The van der Waals surface area contributed by atoms with E-state index in [1.165, 1.54) is 6.20 Å². The molecule has 4 heterocycles. The number of carbonyl (C=O) groups excluding carboxylic acids is 1. The minimum atomic E-state index is -0.0874. The lowest BCUT2D eigenvalue weighted by Crippen LogP contribution is -2.46. The van der Waals surface area contributed by atoms with Gasteiger partial charge < -0.3 is 14.5 Å². The summed E-state index contributed by atoms with van der Waals surface area (Å²) in [6.07, 6.45) is 3.18. The molecule has 0 aromatic carbocycles. The second-order valence-electron chi connectivity index (χ2n) is 8.28. The van der Waals surface area contributed by atoms with Gasteiger partial charge in [-0.25, -0.2) is 15.0 Å². The van der Waals surface area contributed by atoms with Crippen LogP contribution in [0.15, 0.2) is 12.3 Å².